The maximum atomic E-state index is 15.0. The number of halogens is 1. The third kappa shape index (κ3) is 5.01. The van der Waals surface area contributed by atoms with Crippen molar-refractivity contribution in [3.63, 3.8) is 0 Å². The van der Waals surface area contributed by atoms with Crippen LogP contribution in [0.5, 0.6) is 28.7 Å². The Morgan fingerprint density at radius 2 is 1.39 bits per heavy atom. The van der Waals surface area contributed by atoms with Crippen molar-refractivity contribution in [1.82, 2.24) is 0 Å². The molecule has 0 aliphatic heterocycles. The summed E-state index contributed by atoms with van der Waals surface area (Å²) in [6, 6.07) is 11.6. The molecule has 0 amide bonds. The Balaban J connectivity index is 2.08. The zero-order valence-corrected chi connectivity index (χ0v) is 21.2. The van der Waals surface area contributed by atoms with E-state index in [1.807, 2.05) is 0 Å². The molecule has 0 N–H and O–H groups in total. The number of carbonyl (C=O) groups is 2. The molecule has 0 spiro atoms. The van der Waals surface area contributed by atoms with Crippen LogP contribution in [-0.4, -0.2) is 33.3 Å². The lowest BCUT2D eigenvalue weighted by molar-refractivity contribution is -0.132. The number of methoxy groups -OCH3 is 3. The number of fused-ring (bicyclic) bond motifs is 1. The summed E-state index contributed by atoms with van der Waals surface area (Å²) in [6.07, 6.45) is 0. The quantitative estimate of drug-likeness (QED) is 0.185. The van der Waals surface area contributed by atoms with E-state index in [0.29, 0.717) is 27.8 Å². The molecule has 9 nitrogen and oxygen atoms in total. The van der Waals surface area contributed by atoms with Crippen molar-refractivity contribution < 1.29 is 42.1 Å². The normalized spacial score (nSPS) is 10.7. The lowest BCUT2D eigenvalue weighted by atomic mass is 9.92. The Morgan fingerprint density at radius 1 is 0.737 bits per heavy atom. The van der Waals surface area contributed by atoms with Gasteiger partial charge in [0, 0.05) is 30.9 Å². The van der Waals surface area contributed by atoms with Gasteiger partial charge in [0.25, 0.3) is 0 Å². The van der Waals surface area contributed by atoms with E-state index in [9.17, 15) is 18.8 Å². The van der Waals surface area contributed by atoms with Crippen molar-refractivity contribution in [3.05, 3.63) is 64.8 Å². The predicted molar refractivity (Wildman–Crippen MR) is 136 cm³/mol. The Hall–Kier alpha value is -4.86. The summed E-state index contributed by atoms with van der Waals surface area (Å²) in [5, 5.41) is 0.420. The highest BCUT2D eigenvalue weighted by Gasteiger charge is 2.23. The monoisotopic (exact) mass is 522 g/mol. The second-order valence-electron chi connectivity index (χ2n) is 8.04. The van der Waals surface area contributed by atoms with Crippen LogP contribution in [0.25, 0.3) is 33.2 Å². The van der Waals surface area contributed by atoms with Gasteiger partial charge in [-0.05, 0) is 47.5 Å². The van der Waals surface area contributed by atoms with Crippen LogP contribution in [0.1, 0.15) is 13.8 Å². The van der Waals surface area contributed by atoms with Crippen LogP contribution in [0.15, 0.2) is 57.7 Å². The first-order valence-corrected chi connectivity index (χ1v) is 11.2. The summed E-state index contributed by atoms with van der Waals surface area (Å²) in [7, 11) is 4.32. The van der Waals surface area contributed by atoms with E-state index in [2.05, 4.69) is 0 Å². The minimum atomic E-state index is -0.813. The van der Waals surface area contributed by atoms with Crippen LogP contribution < -0.4 is 29.3 Å². The van der Waals surface area contributed by atoms with Gasteiger partial charge in [-0.3, -0.25) is 9.59 Å². The molecule has 0 saturated heterocycles. The molecule has 38 heavy (non-hydrogen) atoms. The zero-order chi connectivity index (χ0) is 27.6. The first-order chi connectivity index (χ1) is 18.2. The first-order valence-electron chi connectivity index (χ1n) is 11.2. The van der Waals surface area contributed by atoms with Crippen molar-refractivity contribution in [2.24, 2.45) is 0 Å². The van der Waals surface area contributed by atoms with E-state index >= 15 is 0 Å². The summed E-state index contributed by atoms with van der Waals surface area (Å²) in [4.78, 5) is 36.2. The average Bonchev–Trinajstić information content (AvgIpc) is 2.87. The van der Waals surface area contributed by atoms with Gasteiger partial charge in [-0.2, -0.15) is 0 Å². The van der Waals surface area contributed by atoms with Gasteiger partial charge < -0.3 is 28.1 Å². The van der Waals surface area contributed by atoms with E-state index in [4.69, 9.17) is 28.1 Å². The van der Waals surface area contributed by atoms with Crippen molar-refractivity contribution in [2.45, 2.75) is 13.8 Å². The first kappa shape index (κ1) is 26.2. The summed E-state index contributed by atoms with van der Waals surface area (Å²) in [5.74, 6) is -1.26. The number of benzene rings is 3. The average molecular weight is 522 g/mol. The minimum Gasteiger partial charge on any atom is -0.493 e. The molecule has 0 radical (unpaired) electrons. The maximum absolute atomic E-state index is 15.0. The Labute approximate surface area is 216 Å². The molecule has 1 heterocycles. The van der Waals surface area contributed by atoms with E-state index in [1.165, 1.54) is 52.5 Å². The molecule has 10 heteroatoms. The lowest BCUT2D eigenvalue weighted by Gasteiger charge is -2.17. The van der Waals surface area contributed by atoms with E-state index in [-0.39, 0.29) is 34.1 Å². The van der Waals surface area contributed by atoms with Gasteiger partial charge in [0.1, 0.15) is 11.3 Å². The molecular weight excluding hydrogens is 499 g/mol. The van der Waals surface area contributed by atoms with E-state index in [0.717, 1.165) is 13.0 Å². The number of rotatable bonds is 7. The SMILES string of the molecule is COc1cc(-c2c(-c3ccc(OC(C)=O)c(F)c3)c3ccc(OC(C)=O)cc3oc2=O)cc(OC)c1OC. The third-order valence-corrected chi connectivity index (χ3v) is 5.57. The standard InChI is InChI=1S/C28H23FO9/c1-14(30)36-18-7-8-19-22(13-18)38-28(32)26(17-11-23(33-3)27(35-5)24(12-17)34-4)25(19)16-6-9-21(20(29)10-16)37-15(2)31/h6-13H,1-5H3. The molecule has 0 fully saturated rings. The number of ether oxygens (including phenoxy) is 5. The largest absolute Gasteiger partial charge is 0.493 e. The predicted octanol–water partition coefficient (Wildman–Crippen LogP) is 5.14. The second kappa shape index (κ2) is 10.6. The summed E-state index contributed by atoms with van der Waals surface area (Å²) in [5.41, 5.74) is 0.374. The van der Waals surface area contributed by atoms with Gasteiger partial charge in [-0.25, -0.2) is 9.18 Å². The van der Waals surface area contributed by atoms with Crippen LogP contribution in [0.2, 0.25) is 0 Å². The van der Waals surface area contributed by atoms with Gasteiger partial charge in [-0.15, -0.1) is 0 Å². The molecule has 0 aliphatic carbocycles. The molecule has 0 saturated carbocycles. The number of hydrogen-bond acceptors (Lipinski definition) is 9. The fourth-order valence-corrected chi connectivity index (χ4v) is 4.09. The van der Waals surface area contributed by atoms with Crippen molar-refractivity contribution in [3.8, 4) is 51.0 Å². The Bertz CT molecular complexity index is 1600. The lowest BCUT2D eigenvalue weighted by Crippen LogP contribution is -2.08. The molecule has 0 unspecified atom stereocenters. The van der Waals surface area contributed by atoms with Crippen molar-refractivity contribution in [2.75, 3.05) is 21.3 Å². The molecule has 196 valence electrons. The number of esters is 2. The molecule has 0 bridgehead atoms. The van der Waals surface area contributed by atoms with Gasteiger partial charge >= 0.3 is 17.6 Å². The molecule has 4 rings (SSSR count). The fraction of sp³-hybridized carbons (Fsp3) is 0.179. The smallest absolute Gasteiger partial charge is 0.344 e. The van der Waals surface area contributed by atoms with Gasteiger partial charge in [-0.1, -0.05) is 6.07 Å². The van der Waals surface area contributed by atoms with Crippen LogP contribution >= 0.6 is 0 Å². The van der Waals surface area contributed by atoms with Crippen molar-refractivity contribution >= 4 is 22.9 Å². The van der Waals surface area contributed by atoms with E-state index < -0.39 is 23.4 Å². The third-order valence-electron chi connectivity index (χ3n) is 5.57. The summed E-state index contributed by atoms with van der Waals surface area (Å²) < 4.78 is 46.9. The highest BCUT2D eigenvalue weighted by Crippen LogP contribution is 2.44. The van der Waals surface area contributed by atoms with Gasteiger partial charge in [0.15, 0.2) is 23.1 Å². The summed E-state index contributed by atoms with van der Waals surface area (Å²) >= 11 is 0. The Kier molecular flexibility index (Phi) is 7.33. The molecule has 3 aromatic carbocycles. The molecule has 0 atom stereocenters. The fourth-order valence-electron chi connectivity index (χ4n) is 4.09. The maximum Gasteiger partial charge on any atom is 0.344 e. The second-order valence-corrected chi connectivity index (χ2v) is 8.04. The zero-order valence-electron chi connectivity index (χ0n) is 21.2. The van der Waals surface area contributed by atoms with Crippen LogP contribution in [0.3, 0.4) is 0 Å². The highest BCUT2D eigenvalue weighted by molar-refractivity contribution is 6.02. The van der Waals surface area contributed by atoms with Crippen LogP contribution in [0, 0.1) is 5.82 Å². The Morgan fingerprint density at radius 3 is 1.95 bits per heavy atom. The van der Waals surface area contributed by atoms with E-state index in [1.54, 1.807) is 18.2 Å². The van der Waals surface area contributed by atoms with Gasteiger partial charge in [0.05, 0.1) is 26.9 Å². The number of hydrogen-bond donors (Lipinski definition) is 0. The van der Waals surface area contributed by atoms with Gasteiger partial charge in [0.2, 0.25) is 5.75 Å². The topological polar surface area (TPSA) is 110 Å². The van der Waals surface area contributed by atoms with Crippen LogP contribution in [-0.2, 0) is 9.59 Å². The number of carbonyl (C=O) groups excluding carboxylic acids is 2. The van der Waals surface area contributed by atoms with Crippen LogP contribution in [0.4, 0.5) is 4.39 Å². The van der Waals surface area contributed by atoms with Crippen molar-refractivity contribution in [1.29, 1.82) is 0 Å². The molecular formula is C28H23FO9. The molecule has 0 aliphatic rings. The minimum absolute atomic E-state index is 0.0802. The summed E-state index contributed by atoms with van der Waals surface area (Å²) in [6.45, 7) is 2.40. The molecule has 4 aromatic rings. The highest BCUT2D eigenvalue weighted by atomic mass is 19.1. The molecule has 1 aromatic heterocycles.